The molecule has 0 aliphatic carbocycles. The topological polar surface area (TPSA) is 78.0 Å². The first-order chi connectivity index (χ1) is 12.6. The Morgan fingerprint density at radius 2 is 1.81 bits per heavy atom. The van der Waals surface area contributed by atoms with E-state index in [1.165, 1.54) is 17.3 Å². The Morgan fingerprint density at radius 3 is 2.58 bits per heavy atom. The third-order valence-electron chi connectivity index (χ3n) is 4.10. The summed E-state index contributed by atoms with van der Waals surface area (Å²) in [5, 5.41) is 1.26. The molecule has 3 rings (SSSR count). The van der Waals surface area contributed by atoms with Crippen molar-refractivity contribution >= 4 is 28.6 Å². The van der Waals surface area contributed by atoms with Gasteiger partial charge in [-0.3, -0.25) is 14.2 Å². The number of fused-ring (bicyclic) bond motifs is 1. The van der Waals surface area contributed by atoms with Crippen molar-refractivity contribution in [1.82, 2.24) is 9.55 Å². The summed E-state index contributed by atoms with van der Waals surface area (Å²) >= 11 is 1.40. The number of amides is 1. The summed E-state index contributed by atoms with van der Waals surface area (Å²) in [4.78, 5) is 28.5. The van der Waals surface area contributed by atoms with Crippen LogP contribution < -0.4 is 11.3 Å². The average molecular weight is 367 g/mol. The SMILES string of the molecule is NC(=O)CCSc1nc2ccccc2c(=O)n1CCCc1ccccc1. The Morgan fingerprint density at radius 1 is 1.08 bits per heavy atom. The van der Waals surface area contributed by atoms with Gasteiger partial charge in [-0.1, -0.05) is 54.2 Å². The molecule has 0 radical (unpaired) electrons. The van der Waals surface area contributed by atoms with Gasteiger partial charge in [-0.15, -0.1) is 0 Å². The fourth-order valence-corrected chi connectivity index (χ4v) is 3.76. The smallest absolute Gasteiger partial charge is 0.262 e. The molecule has 6 heteroatoms. The van der Waals surface area contributed by atoms with Crippen molar-refractivity contribution in [2.75, 3.05) is 5.75 Å². The molecule has 0 atom stereocenters. The lowest BCUT2D eigenvalue weighted by Gasteiger charge is -2.13. The maximum Gasteiger partial charge on any atom is 0.262 e. The number of aryl methyl sites for hydroxylation is 1. The van der Waals surface area contributed by atoms with Crippen LogP contribution in [0.3, 0.4) is 0 Å². The largest absolute Gasteiger partial charge is 0.370 e. The van der Waals surface area contributed by atoms with Gasteiger partial charge in [-0.25, -0.2) is 4.98 Å². The first kappa shape index (κ1) is 18.2. The summed E-state index contributed by atoms with van der Waals surface area (Å²) in [5.74, 6) is 0.162. The van der Waals surface area contributed by atoms with Gasteiger partial charge in [-0.2, -0.15) is 0 Å². The lowest BCUT2D eigenvalue weighted by molar-refractivity contribution is -0.117. The van der Waals surface area contributed by atoms with Gasteiger partial charge >= 0.3 is 0 Å². The number of hydrogen-bond donors (Lipinski definition) is 1. The predicted octanol–water partition coefficient (Wildman–Crippen LogP) is 3.00. The Bertz CT molecular complexity index is 954. The maximum absolute atomic E-state index is 12.9. The van der Waals surface area contributed by atoms with Gasteiger partial charge < -0.3 is 5.73 Å². The average Bonchev–Trinajstić information content (AvgIpc) is 2.65. The van der Waals surface area contributed by atoms with Crippen LogP contribution in [0.2, 0.25) is 0 Å². The van der Waals surface area contributed by atoms with Gasteiger partial charge in [0, 0.05) is 18.7 Å². The fourth-order valence-electron chi connectivity index (χ4n) is 2.78. The van der Waals surface area contributed by atoms with E-state index >= 15 is 0 Å². The van der Waals surface area contributed by atoms with Crippen LogP contribution in [0.4, 0.5) is 0 Å². The van der Waals surface area contributed by atoms with Gasteiger partial charge in [0.1, 0.15) is 0 Å². The van der Waals surface area contributed by atoms with Crippen molar-refractivity contribution in [1.29, 1.82) is 0 Å². The van der Waals surface area contributed by atoms with E-state index in [1.54, 1.807) is 10.6 Å². The zero-order valence-corrected chi connectivity index (χ0v) is 15.2. The molecular formula is C20H21N3O2S. The normalized spacial score (nSPS) is 10.9. The van der Waals surface area contributed by atoms with Crippen LogP contribution in [-0.4, -0.2) is 21.2 Å². The van der Waals surface area contributed by atoms with Crippen molar-refractivity contribution < 1.29 is 4.79 Å². The summed E-state index contributed by atoms with van der Waals surface area (Å²) in [6.45, 7) is 0.588. The number of hydrogen-bond acceptors (Lipinski definition) is 4. The lowest BCUT2D eigenvalue weighted by atomic mass is 10.1. The molecule has 0 bridgehead atoms. The second-order valence-corrected chi connectivity index (χ2v) is 7.08. The molecule has 0 unspecified atom stereocenters. The minimum atomic E-state index is -0.351. The quantitative estimate of drug-likeness (QED) is 0.490. The maximum atomic E-state index is 12.9. The molecule has 1 amide bonds. The molecule has 2 aromatic carbocycles. The number of para-hydroxylation sites is 1. The molecule has 0 fully saturated rings. The van der Waals surface area contributed by atoms with E-state index < -0.39 is 0 Å². The molecule has 134 valence electrons. The molecule has 5 nitrogen and oxygen atoms in total. The zero-order valence-electron chi connectivity index (χ0n) is 14.4. The third-order valence-corrected chi connectivity index (χ3v) is 5.07. The number of nitrogens with zero attached hydrogens (tertiary/aromatic N) is 2. The second-order valence-electron chi connectivity index (χ2n) is 6.02. The Balaban J connectivity index is 1.83. The van der Waals surface area contributed by atoms with Gasteiger partial charge in [-0.05, 0) is 30.5 Å². The first-order valence-electron chi connectivity index (χ1n) is 8.60. The van der Waals surface area contributed by atoms with Crippen molar-refractivity contribution in [3.05, 3.63) is 70.5 Å². The number of carbonyl (C=O) groups excluding carboxylic acids is 1. The second kappa shape index (κ2) is 8.67. The molecular weight excluding hydrogens is 346 g/mol. The van der Waals surface area contributed by atoms with Crippen LogP contribution in [0, 0.1) is 0 Å². The summed E-state index contributed by atoms with van der Waals surface area (Å²) < 4.78 is 1.72. The Kier molecular flexibility index (Phi) is 6.07. The van der Waals surface area contributed by atoms with Crippen molar-refractivity contribution in [2.45, 2.75) is 31.0 Å². The monoisotopic (exact) mass is 367 g/mol. The molecule has 26 heavy (non-hydrogen) atoms. The van der Waals surface area contributed by atoms with Gasteiger partial charge in [0.2, 0.25) is 5.91 Å². The lowest BCUT2D eigenvalue weighted by Crippen LogP contribution is -2.24. The first-order valence-corrected chi connectivity index (χ1v) is 9.58. The minimum absolute atomic E-state index is 0.0368. The molecule has 1 aromatic heterocycles. The number of primary amides is 1. The van der Waals surface area contributed by atoms with Crippen LogP contribution in [-0.2, 0) is 17.8 Å². The molecule has 3 aromatic rings. The standard InChI is InChI=1S/C20H21N3O2S/c21-18(24)12-14-26-20-22-17-11-5-4-10-16(17)19(25)23(20)13-6-9-15-7-2-1-3-8-15/h1-5,7-8,10-11H,6,9,12-14H2,(H2,21,24). The van der Waals surface area contributed by atoms with E-state index in [0.29, 0.717) is 28.4 Å². The summed E-state index contributed by atoms with van der Waals surface area (Å²) in [7, 11) is 0. The molecule has 0 saturated heterocycles. The number of carbonyl (C=O) groups is 1. The van der Waals surface area contributed by atoms with Gasteiger partial charge in [0.15, 0.2) is 5.16 Å². The van der Waals surface area contributed by atoms with Crippen molar-refractivity contribution in [3.63, 3.8) is 0 Å². The molecule has 0 aliphatic rings. The number of rotatable bonds is 8. The minimum Gasteiger partial charge on any atom is -0.370 e. The van der Waals surface area contributed by atoms with Gasteiger partial charge in [0.05, 0.1) is 10.9 Å². The van der Waals surface area contributed by atoms with Crippen molar-refractivity contribution in [3.8, 4) is 0 Å². The molecule has 1 heterocycles. The predicted molar refractivity (Wildman–Crippen MR) is 105 cm³/mol. The molecule has 0 aliphatic heterocycles. The highest BCUT2D eigenvalue weighted by Crippen LogP contribution is 2.19. The van der Waals surface area contributed by atoms with E-state index in [-0.39, 0.29) is 17.9 Å². The van der Waals surface area contributed by atoms with E-state index in [9.17, 15) is 9.59 Å². The van der Waals surface area contributed by atoms with Crippen LogP contribution in [0.15, 0.2) is 64.5 Å². The zero-order chi connectivity index (χ0) is 18.4. The van der Waals surface area contributed by atoms with E-state index in [0.717, 1.165) is 12.8 Å². The van der Waals surface area contributed by atoms with Crippen molar-refractivity contribution in [2.24, 2.45) is 5.73 Å². The number of benzene rings is 2. The van der Waals surface area contributed by atoms with E-state index in [4.69, 9.17) is 5.73 Å². The number of aromatic nitrogens is 2. The highest BCUT2D eigenvalue weighted by Gasteiger charge is 2.11. The summed E-state index contributed by atoms with van der Waals surface area (Å²) in [6.07, 6.45) is 2.00. The third kappa shape index (κ3) is 4.52. The van der Waals surface area contributed by atoms with Gasteiger partial charge in [0.25, 0.3) is 5.56 Å². The number of thioether (sulfide) groups is 1. The highest BCUT2D eigenvalue weighted by molar-refractivity contribution is 7.99. The summed E-state index contributed by atoms with van der Waals surface area (Å²) in [5.41, 5.74) is 7.11. The summed E-state index contributed by atoms with van der Waals surface area (Å²) in [6, 6.07) is 17.6. The molecule has 2 N–H and O–H groups in total. The van der Waals surface area contributed by atoms with Crippen LogP contribution in [0.25, 0.3) is 10.9 Å². The van der Waals surface area contributed by atoms with Crippen LogP contribution in [0.5, 0.6) is 0 Å². The van der Waals surface area contributed by atoms with Crippen LogP contribution >= 0.6 is 11.8 Å². The molecule has 0 saturated carbocycles. The fraction of sp³-hybridized carbons (Fsp3) is 0.250. The van der Waals surface area contributed by atoms with Crippen LogP contribution in [0.1, 0.15) is 18.4 Å². The van der Waals surface area contributed by atoms with E-state index in [1.807, 2.05) is 36.4 Å². The Labute approximate surface area is 156 Å². The van der Waals surface area contributed by atoms with E-state index in [2.05, 4.69) is 17.1 Å². The molecule has 0 spiro atoms. The number of nitrogens with two attached hydrogens (primary N) is 1. The Hall–Kier alpha value is -2.60. The highest BCUT2D eigenvalue weighted by atomic mass is 32.2.